The Kier molecular flexibility index (Phi) is 8.67. The minimum atomic E-state index is -5.06. The molecule has 2 N–H and O–H groups in total. The highest BCUT2D eigenvalue weighted by molar-refractivity contribution is 5.45. The fraction of sp³-hybridized carbons (Fsp3) is 0.308. The van der Waals surface area contributed by atoms with Crippen molar-refractivity contribution in [3.63, 3.8) is 0 Å². The van der Waals surface area contributed by atoms with Crippen molar-refractivity contribution in [2.75, 3.05) is 0 Å². The molecule has 12 heteroatoms. The van der Waals surface area contributed by atoms with Gasteiger partial charge >= 0.3 is 18.7 Å². The van der Waals surface area contributed by atoms with Gasteiger partial charge in [0.25, 0.3) is 0 Å². The van der Waals surface area contributed by atoms with E-state index < -0.39 is 65.8 Å². The molecule has 3 atom stereocenters. The number of ether oxygens (including phenoxy) is 1. The first-order valence-electron chi connectivity index (χ1n) is 11.1. The highest BCUT2D eigenvalue weighted by Gasteiger charge is 2.49. The van der Waals surface area contributed by atoms with Crippen molar-refractivity contribution < 1.29 is 49.4 Å². The summed E-state index contributed by atoms with van der Waals surface area (Å²) < 4.78 is 127. The van der Waals surface area contributed by atoms with E-state index >= 15 is 0 Å². The lowest BCUT2D eigenvalue weighted by atomic mass is 9.77. The van der Waals surface area contributed by atoms with Gasteiger partial charge in [0.1, 0.15) is 23.4 Å². The number of aliphatic hydroxyl groups is 1. The number of benzene rings is 3. The van der Waals surface area contributed by atoms with Gasteiger partial charge < -0.3 is 9.84 Å². The number of hydrogen-bond acceptors (Lipinski definition) is 3. The normalized spacial score (nSPS) is 15.7. The lowest BCUT2D eigenvalue weighted by Crippen LogP contribution is -2.59. The van der Waals surface area contributed by atoms with E-state index in [0.29, 0.717) is 23.8 Å². The Morgan fingerprint density at radius 2 is 1.42 bits per heavy atom. The quantitative estimate of drug-likeness (QED) is 0.280. The van der Waals surface area contributed by atoms with Crippen LogP contribution in [-0.2, 0) is 12.0 Å². The minimum absolute atomic E-state index is 0.0742. The Hall–Kier alpha value is -3.25. The molecule has 206 valence electrons. The monoisotopic (exact) mass is 551 g/mol. The molecule has 2 unspecified atom stereocenters. The maximum Gasteiger partial charge on any atom is 0.461 e. The summed E-state index contributed by atoms with van der Waals surface area (Å²) in [5.41, 5.74) is -2.30. The number of nitrogens with one attached hydrogen (secondary N) is 1. The second-order valence-corrected chi connectivity index (χ2v) is 8.62. The maximum absolute atomic E-state index is 14.7. The second kappa shape index (κ2) is 11.2. The van der Waals surface area contributed by atoms with Crippen LogP contribution in [0.1, 0.15) is 23.6 Å². The van der Waals surface area contributed by atoms with Crippen LogP contribution >= 0.6 is 0 Å². The summed E-state index contributed by atoms with van der Waals surface area (Å²) in [5.74, 6) is -3.14. The van der Waals surface area contributed by atoms with Crippen molar-refractivity contribution in [3.05, 3.63) is 101 Å². The molecule has 38 heavy (non-hydrogen) atoms. The molecule has 0 radical (unpaired) electrons. The summed E-state index contributed by atoms with van der Waals surface area (Å²) in [6, 6.07) is 10.9. The largest absolute Gasteiger partial charge is 0.461 e. The van der Waals surface area contributed by atoms with Crippen LogP contribution in [0.4, 0.5) is 39.5 Å². The van der Waals surface area contributed by atoms with E-state index in [1.807, 2.05) is 0 Å². The average Bonchev–Trinajstić information content (AvgIpc) is 2.81. The van der Waals surface area contributed by atoms with Crippen molar-refractivity contribution in [1.82, 2.24) is 5.32 Å². The summed E-state index contributed by atoms with van der Waals surface area (Å²) in [5, 5.41) is 12.3. The number of rotatable bonds is 10. The highest BCUT2D eigenvalue weighted by Crippen LogP contribution is 2.40. The van der Waals surface area contributed by atoms with Crippen LogP contribution in [0.25, 0.3) is 0 Å². The molecular formula is C26H22F9NO2. The number of halogens is 9. The summed E-state index contributed by atoms with van der Waals surface area (Å²) in [4.78, 5) is 0. The topological polar surface area (TPSA) is 41.5 Å². The predicted molar refractivity (Wildman–Crippen MR) is 120 cm³/mol. The SMILES string of the molecule is CC(O)C(N[C@](Cc1ccccc1)(c1ccc(F)cc1)c1cc(F)cc(OC(F)(F)C(F)F)c1)C(F)(F)F. The van der Waals surface area contributed by atoms with Gasteiger partial charge in [0.05, 0.1) is 11.6 Å². The average molecular weight is 551 g/mol. The Labute approximate surface area is 211 Å². The van der Waals surface area contributed by atoms with Crippen LogP contribution in [-0.4, -0.2) is 36.0 Å². The first-order chi connectivity index (χ1) is 17.6. The molecule has 3 aromatic rings. The molecule has 0 saturated heterocycles. The predicted octanol–water partition coefficient (Wildman–Crippen LogP) is 6.59. The first-order valence-corrected chi connectivity index (χ1v) is 11.1. The van der Waals surface area contributed by atoms with Crippen LogP contribution in [0.15, 0.2) is 72.8 Å². The summed E-state index contributed by atoms with van der Waals surface area (Å²) >= 11 is 0. The van der Waals surface area contributed by atoms with Crippen LogP contribution < -0.4 is 10.1 Å². The van der Waals surface area contributed by atoms with Crippen LogP contribution in [0.2, 0.25) is 0 Å². The Bertz CT molecular complexity index is 1200. The van der Waals surface area contributed by atoms with Crippen molar-refractivity contribution in [1.29, 1.82) is 0 Å². The molecule has 3 rings (SSSR count). The molecule has 0 aliphatic heterocycles. The molecule has 0 bridgehead atoms. The fourth-order valence-electron chi connectivity index (χ4n) is 4.04. The van der Waals surface area contributed by atoms with Gasteiger partial charge in [0.15, 0.2) is 0 Å². The van der Waals surface area contributed by atoms with Crippen LogP contribution in [0.3, 0.4) is 0 Å². The maximum atomic E-state index is 14.7. The lowest BCUT2D eigenvalue weighted by Gasteiger charge is -2.41. The second-order valence-electron chi connectivity index (χ2n) is 8.62. The van der Waals surface area contributed by atoms with E-state index in [2.05, 4.69) is 10.1 Å². The standard InChI is InChI=1S/C26H22F9NO2/c1-15(37)22(25(31,32)33)36-24(14-16-5-3-2-4-6-16,17-7-9-19(27)10-8-17)18-11-20(28)13-21(12-18)38-26(34,35)23(29)30/h2-13,15,22-23,36-37H,14H2,1H3/t15?,22?,24-/m1/s1. The zero-order valence-corrected chi connectivity index (χ0v) is 19.6. The van der Waals surface area contributed by atoms with E-state index in [1.54, 1.807) is 18.2 Å². The molecule has 0 heterocycles. The van der Waals surface area contributed by atoms with E-state index in [-0.39, 0.29) is 5.56 Å². The zero-order valence-electron chi connectivity index (χ0n) is 19.6. The minimum Gasteiger partial charge on any atom is -0.428 e. The summed E-state index contributed by atoms with van der Waals surface area (Å²) in [6.45, 7) is 0.854. The van der Waals surface area contributed by atoms with E-state index in [0.717, 1.165) is 31.2 Å². The molecule has 0 saturated carbocycles. The molecule has 0 amide bonds. The Balaban J connectivity index is 2.33. The highest BCUT2D eigenvalue weighted by atomic mass is 19.4. The van der Waals surface area contributed by atoms with Gasteiger partial charge in [0.2, 0.25) is 0 Å². The van der Waals surface area contributed by atoms with Gasteiger partial charge in [-0.25, -0.2) is 8.78 Å². The fourth-order valence-corrected chi connectivity index (χ4v) is 4.04. The third kappa shape index (κ3) is 6.79. The smallest absolute Gasteiger partial charge is 0.428 e. The van der Waals surface area contributed by atoms with Crippen molar-refractivity contribution in [3.8, 4) is 5.75 Å². The van der Waals surface area contributed by atoms with Gasteiger partial charge in [-0.15, -0.1) is 0 Å². The third-order valence-electron chi connectivity index (χ3n) is 5.76. The van der Waals surface area contributed by atoms with Gasteiger partial charge in [-0.2, -0.15) is 30.7 Å². The number of alkyl halides is 7. The van der Waals surface area contributed by atoms with Gasteiger partial charge in [-0.05, 0) is 54.3 Å². The van der Waals surface area contributed by atoms with E-state index in [9.17, 15) is 44.6 Å². The molecule has 3 aromatic carbocycles. The van der Waals surface area contributed by atoms with Crippen LogP contribution in [0, 0.1) is 11.6 Å². The van der Waals surface area contributed by atoms with E-state index in [1.165, 1.54) is 12.1 Å². The van der Waals surface area contributed by atoms with Crippen molar-refractivity contribution in [2.45, 2.75) is 49.7 Å². The summed E-state index contributed by atoms with van der Waals surface area (Å²) in [7, 11) is 0. The molecule has 0 spiro atoms. The molecule has 0 aliphatic rings. The Morgan fingerprint density at radius 3 is 1.95 bits per heavy atom. The number of aliphatic hydroxyl groups excluding tert-OH is 1. The Morgan fingerprint density at radius 1 is 0.816 bits per heavy atom. The van der Waals surface area contributed by atoms with Crippen molar-refractivity contribution >= 4 is 0 Å². The molecule has 0 aromatic heterocycles. The summed E-state index contributed by atoms with van der Waals surface area (Å²) in [6.07, 6.45) is -16.8. The molecule has 0 aliphatic carbocycles. The van der Waals surface area contributed by atoms with Gasteiger partial charge in [0, 0.05) is 6.07 Å². The molecular weight excluding hydrogens is 529 g/mol. The lowest BCUT2D eigenvalue weighted by molar-refractivity contribution is -0.253. The van der Waals surface area contributed by atoms with Crippen molar-refractivity contribution in [2.24, 2.45) is 0 Å². The van der Waals surface area contributed by atoms with Crippen LogP contribution in [0.5, 0.6) is 5.75 Å². The number of hydrogen-bond donors (Lipinski definition) is 2. The van der Waals surface area contributed by atoms with E-state index in [4.69, 9.17) is 0 Å². The van der Waals surface area contributed by atoms with Gasteiger partial charge in [-0.1, -0.05) is 42.5 Å². The first kappa shape index (κ1) is 29.3. The molecule has 0 fully saturated rings. The van der Waals surface area contributed by atoms with Gasteiger partial charge in [-0.3, -0.25) is 5.32 Å². The molecule has 3 nitrogen and oxygen atoms in total. The zero-order chi connectivity index (χ0) is 28.3. The third-order valence-corrected chi connectivity index (χ3v) is 5.76.